The van der Waals surface area contributed by atoms with Crippen LogP contribution in [0.2, 0.25) is 0 Å². The lowest BCUT2D eigenvalue weighted by Crippen LogP contribution is -2.37. The van der Waals surface area contributed by atoms with Crippen LogP contribution in [0.3, 0.4) is 0 Å². The smallest absolute Gasteiger partial charge is 0.130 e. The van der Waals surface area contributed by atoms with Crippen molar-refractivity contribution in [2.24, 2.45) is 0 Å². The summed E-state index contributed by atoms with van der Waals surface area (Å²) in [6, 6.07) is 6.14. The van der Waals surface area contributed by atoms with Crippen LogP contribution in [-0.4, -0.2) is 24.4 Å². The van der Waals surface area contributed by atoms with E-state index in [2.05, 4.69) is 55.0 Å². The fourth-order valence-corrected chi connectivity index (χ4v) is 3.25. The van der Waals surface area contributed by atoms with Crippen LogP contribution in [0.4, 0.5) is 0 Å². The number of hydrogen-bond donors (Lipinski definition) is 1. The maximum absolute atomic E-state index is 6.28. The zero-order valence-corrected chi connectivity index (χ0v) is 14.5. The van der Waals surface area contributed by atoms with Gasteiger partial charge in [-0.1, -0.05) is 15.9 Å². The van der Waals surface area contributed by atoms with Crippen molar-refractivity contribution < 1.29 is 9.47 Å². The van der Waals surface area contributed by atoms with Crippen molar-refractivity contribution in [3.8, 4) is 5.75 Å². The predicted octanol–water partition coefficient (Wildman–Crippen LogP) is 3.89. The second kappa shape index (κ2) is 5.66. The minimum atomic E-state index is -0.270. The molecule has 1 aromatic rings. The van der Waals surface area contributed by atoms with Gasteiger partial charge in [0.15, 0.2) is 0 Å². The van der Waals surface area contributed by atoms with Crippen molar-refractivity contribution in [3.63, 3.8) is 0 Å². The maximum Gasteiger partial charge on any atom is 0.130 e. The first-order valence-corrected chi connectivity index (χ1v) is 7.83. The van der Waals surface area contributed by atoms with Crippen LogP contribution in [0.1, 0.15) is 39.7 Å². The SMILES string of the molecule is CNCc1cc(Br)ccc1OC1CC(C)(C)OC1(C)C. The van der Waals surface area contributed by atoms with Gasteiger partial charge in [-0.25, -0.2) is 0 Å². The van der Waals surface area contributed by atoms with Crippen LogP contribution in [0.5, 0.6) is 5.75 Å². The van der Waals surface area contributed by atoms with Gasteiger partial charge in [-0.15, -0.1) is 0 Å². The summed E-state index contributed by atoms with van der Waals surface area (Å²) < 4.78 is 13.4. The van der Waals surface area contributed by atoms with E-state index in [4.69, 9.17) is 9.47 Å². The summed E-state index contributed by atoms with van der Waals surface area (Å²) in [5.41, 5.74) is 0.752. The monoisotopic (exact) mass is 341 g/mol. The Labute approximate surface area is 130 Å². The molecule has 1 saturated heterocycles. The number of benzene rings is 1. The molecule has 1 atom stereocenters. The maximum atomic E-state index is 6.28. The summed E-state index contributed by atoms with van der Waals surface area (Å²) in [5.74, 6) is 0.932. The lowest BCUT2D eigenvalue weighted by atomic mass is 9.97. The number of rotatable bonds is 4. The summed E-state index contributed by atoms with van der Waals surface area (Å²) in [6.45, 7) is 9.22. The highest BCUT2D eigenvalue weighted by Crippen LogP contribution is 2.40. The summed E-state index contributed by atoms with van der Waals surface area (Å²) in [5, 5.41) is 3.18. The van der Waals surface area contributed by atoms with Gasteiger partial charge in [0.05, 0.1) is 5.60 Å². The van der Waals surface area contributed by atoms with E-state index in [-0.39, 0.29) is 17.3 Å². The van der Waals surface area contributed by atoms with E-state index in [1.54, 1.807) is 0 Å². The number of ether oxygens (including phenoxy) is 2. The quantitative estimate of drug-likeness (QED) is 0.900. The Kier molecular flexibility index (Phi) is 4.47. The second-order valence-electron chi connectivity index (χ2n) is 6.56. The molecule has 20 heavy (non-hydrogen) atoms. The van der Waals surface area contributed by atoms with Gasteiger partial charge >= 0.3 is 0 Å². The third-order valence-electron chi connectivity index (χ3n) is 3.65. The Bertz CT molecular complexity index is 485. The van der Waals surface area contributed by atoms with Crippen molar-refractivity contribution >= 4 is 15.9 Å². The van der Waals surface area contributed by atoms with Gasteiger partial charge < -0.3 is 14.8 Å². The van der Waals surface area contributed by atoms with Crippen LogP contribution in [-0.2, 0) is 11.3 Å². The molecule has 1 aliphatic rings. The van der Waals surface area contributed by atoms with Gasteiger partial charge in [-0.05, 0) is 52.9 Å². The molecule has 0 amide bonds. The Hall–Kier alpha value is -0.580. The average molecular weight is 342 g/mol. The van der Waals surface area contributed by atoms with Crippen molar-refractivity contribution in [2.45, 2.75) is 58.0 Å². The van der Waals surface area contributed by atoms with E-state index in [0.717, 1.165) is 28.8 Å². The minimum absolute atomic E-state index is 0.0641. The fraction of sp³-hybridized carbons (Fsp3) is 0.625. The van der Waals surface area contributed by atoms with E-state index in [0.29, 0.717) is 0 Å². The lowest BCUT2D eigenvalue weighted by molar-refractivity contribution is -0.0846. The Balaban J connectivity index is 2.22. The van der Waals surface area contributed by atoms with E-state index in [1.165, 1.54) is 0 Å². The summed E-state index contributed by atoms with van der Waals surface area (Å²) in [7, 11) is 1.94. The van der Waals surface area contributed by atoms with E-state index < -0.39 is 0 Å². The summed E-state index contributed by atoms with van der Waals surface area (Å²) >= 11 is 3.51. The van der Waals surface area contributed by atoms with Gasteiger partial charge in [0.2, 0.25) is 0 Å². The molecule has 0 aliphatic carbocycles. The Morgan fingerprint density at radius 3 is 2.60 bits per heavy atom. The van der Waals surface area contributed by atoms with Crippen molar-refractivity contribution in [2.75, 3.05) is 7.05 Å². The van der Waals surface area contributed by atoms with Crippen LogP contribution in [0.25, 0.3) is 0 Å². The fourth-order valence-electron chi connectivity index (χ4n) is 2.84. The third kappa shape index (κ3) is 3.54. The van der Waals surface area contributed by atoms with Gasteiger partial charge in [0.25, 0.3) is 0 Å². The number of halogens is 1. The van der Waals surface area contributed by atoms with Crippen molar-refractivity contribution in [1.29, 1.82) is 0 Å². The molecule has 0 bridgehead atoms. The van der Waals surface area contributed by atoms with Gasteiger partial charge in [0.1, 0.15) is 17.5 Å². The Morgan fingerprint density at radius 1 is 1.35 bits per heavy atom. The summed E-state index contributed by atoms with van der Waals surface area (Å²) in [6.07, 6.45) is 0.962. The zero-order valence-electron chi connectivity index (χ0n) is 12.9. The molecule has 1 heterocycles. The first-order chi connectivity index (χ1) is 9.23. The molecule has 4 heteroatoms. The highest BCUT2D eigenvalue weighted by Gasteiger charge is 2.47. The molecule has 1 aliphatic heterocycles. The number of nitrogens with one attached hydrogen (secondary N) is 1. The predicted molar refractivity (Wildman–Crippen MR) is 85.2 cm³/mol. The first-order valence-electron chi connectivity index (χ1n) is 7.03. The molecule has 2 rings (SSSR count). The van der Waals surface area contributed by atoms with Gasteiger partial charge in [-0.2, -0.15) is 0 Å². The van der Waals surface area contributed by atoms with E-state index >= 15 is 0 Å². The molecular formula is C16H24BrNO2. The van der Waals surface area contributed by atoms with Crippen molar-refractivity contribution in [3.05, 3.63) is 28.2 Å². The normalized spacial score (nSPS) is 23.8. The largest absolute Gasteiger partial charge is 0.487 e. The van der Waals surface area contributed by atoms with Crippen LogP contribution in [0, 0.1) is 0 Å². The van der Waals surface area contributed by atoms with E-state index in [1.807, 2.05) is 19.2 Å². The van der Waals surface area contributed by atoms with Crippen molar-refractivity contribution in [1.82, 2.24) is 5.32 Å². The first kappa shape index (κ1) is 15.8. The highest BCUT2D eigenvalue weighted by molar-refractivity contribution is 9.10. The van der Waals surface area contributed by atoms with Crippen LogP contribution < -0.4 is 10.1 Å². The molecule has 3 nitrogen and oxygen atoms in total. The number of hydrogen-bond acceptors (Lipinski definition) is 3. The highest BCUT2D eigenvalue weighted by atomic mass is 79.9. The molecule has 1 aromatic carbocycles. The van der Waals surface area contributed by atoms with Crippen LogP contribution >= 0.6 is 15.9 Å². The molecule has 112 valence electrons. The molecule has 0 aromatic heterocycles. The summed E-state index contributed by atoms with van der Waals surface area (Å²) in [4.78, 5) is 0. The molecule has 1 fully saturated rings. The molecule has 1 N–H and O–H groups in total. The zero-order chi connectivity index (χ0) is 15.0. The van der Waals surface area contributed by atoms with Gasteiger partial charge in [-0.3, -0.25) is 0 Å². The second-order valence-corrected chi connectivity index (χ2v) is 7.47. The molecular weight excluding hydrogens is 318 g/mol. The molecule has 0 radical (unpaired) electrons. The third-order valence-corrected chi connectivity index (χ3v) is 4.14. The Morgan fingerprint density at radius 2 is 2.05 bits per heavy atom. The average Bonchev–Trinajstić information content (AvgIpc) is 2.50. The molecule has 0 spiro atoms. The standard InChI is InChI=1S/C16H24BrNO2/c1-15(2)9-14(16(3,4)20-15)19-13-7-6-12(17)8-11(13)10-18-5/h6-8,14,18H,9-10H2,1-5H3. The van der Waals surface area contributed by atoms with E-state index in [9.17, 15) is 0 Å². The lowest BCUT2D eigenvalue weighted by Gasteiger charge is -2.28. The molecule has 1 unspecified atom stereocenters. The molecule has 0 saturated carbocycles. The van der Waals surface area contributed by atoms with Crippen LogP contribution in [0.15, 0.2) is 22.7 Å². The van der Waals surface area contributed by atoms with Gasteiger partial charge in [0, 0.05) is 23.0 Å². The topological polar surface area (TPSA) is 30.5 Å². The minimum Gasteiger partial charge on any atom is -0.487 e.